The fourth-order valence-electron chi connectivity index (χ4n) is 2.48. The SMILES string of the molecule is CC1(C)N(CC(=O)O)CCN(Cc2ccccc2)S1(=O)=O. The van der Waals surface area contributed by atoms with Gasteiger partial charge in [-0.15, -0.1) is 0 Å². The largest absolute Gasteiger partial charge is 0.480 e. The Balaban J connectivity index is 2.23. The van der Waals surface area contributed by atoms with Gasteiger partial charge in [0.1, 0.15) is 4.87 Å². The number of aliphatic carboxylic acids is 1. The molecule has 1 N–H and O–H groups in total. The van der Waals surface area contributed by atoms with Crippen LogP contribution < -0.4 is 0 Å². The minimum atomic E-state index is -3.60. The standard InChI is InChI=1S/C14H20N2O4S/c1-14(2)15(11-13(17)18)8-9-16(21(14,19)20)10-12-6-4-3-5-7-12/h3-7H,8-11H2,1-2H3,(H,17,18). The first-order valence-electron chi connectivity index (χ1n) is 6.75. The summed E-state index contributed by atoms with van der Waals surface area (Å²) in [7, 11) is -3.60. The molecule has 0 aliphatic carbocycles. The van der Waals surface area contributed by atoms with Crippen LogP contribution in [0, 0.1) is 0 Å². The average molecular weight is 312 g/mol. The number of rotatable bonds is 4. The molecule has 1 fully saturated rings. The van der Waals surface area contributed by atoms with E-state index in [0.29, 0.717) is 19.6 Å². The summed E-state index contributed by atoms with van der Waals surface area (Å²) in [5.41, 5.74) is 0.920. The van der Waals surface area contributed by atoms with Gasteiger partial charge in [0, 0.05) is 19.6 Å². The van der Waals surface area contributed by atoms with Gasteiger partial charge in [-0.3, -0.25) is 9.69 Å². The van der Waals surface area contributed by atoms with Crippen LogP contribution in [0.25, 0.3) is 0 Å². The molecule has 0 saturated carbocycles. The van der Waals surface area contributed by atoms with E-state index in [9.17, 15) is 13.2 Å². The van der Waals surface area contributed by atoms with Crippen molar-refractivity contribution in [2.24, 2.45) is 0 Å². The highest BCUT2D eigenvalue weighted by Gasteiger charge is 2.48. The van der Waals surface area contributed by atoms with Crippen LogP contribution >= 0.6 is 0 Å². The Hall–Kier alpha value is -1.44. The number of carboxylic acid groups (broad SMARTS) is 1. The molecule has 0 bridgehead atoms. The van der Waals surface area contributed by atoms with E-state index in [4.69, 9.17) is 5.11 Å². The maximum Gasteiger partial charge on any atom is 0.317 e. The molecule has 0 amide bonds. The van der Waals surface area contributed by atoms with E-state index in [1.54, 1.807) is 13.8 Å². The Bertz CT molecular complexity index is 613. The Morgan fingerprint density at radius 3 is 2.43 bits per heavy atom. The molecule has 7 heteroatoms. The molecule has 1 heterocycles. The maximum atomic E-state index is 12.7. The van der Waals surface area contributed by atoms with Gasteiger partial charge in [0.25, 0.3) is 0 Å². The van der Waals surface area contributed by atoms with E-state index in [1.165, 1.54) is 9.21 Å². The van der Waals surface area contributed by atoms with Gasteiger partial charge in [-0.1, -0.05) is 30.3 Å². The first kappa shape index (κ1) is 15.9. The average Bonchev–Trinajstić information content (AvgIpc) is 2.40. The molecule has 0 spiro atoms. The van der Waals surface area contributed by atoms with Crippen molar-refractivity contribution in [1.29, 1.82) is 0 Å². The highest BCUT2D eigenvalue weighted by atomic mass is 32.2. The second-order valence-corrected chi connectivity index (χ2v) is 8.05. The number of sulfonamides is 1. The quantitative estimate of drug-likeness (QED) is 0.896. The number of carboxylic acids is 1. The smallest absolute Gasteiger partial charge is 0.317 e. The van der Waals surface area contributed by atoms with Crippen LogP contribution in [-0.4, -0.2) is 53.2 Å². The summed E-state index contributed by atoms with van der Waals surface area (Å²) in [6, 6.07) is 9.38. The Morgan fingerprint density at radius 1 is 1.24 bits per heavy atom. The first-order valence-corrected chi connectivity index (χ1v) is 8.19. The van der Waals surface area contributed by atoms with Crippen LogP contribution in [0.3, 0.4) is 0 Å². The summed E-state index contributed by atoms with van der Waals surface area (Å²) in [6.07, 6.45) is 0. The van der Waals surface area contributed by atoms with Gasteiger partial charge in [-0.05, 0) is 19.4 Å². The monoisotopic (exact) mass is 312 g/mol. The molecule has 0 radical (unpaired) electrons. The van der Waals surface area contributed by atoms with Gasteiger partial charge >= 0.3 is 5.97 Å². The third-order valence-electron chi connectivity index (χ3n) is 3.88. The lowest BCUT2D eigenvalue weighted by atomic mass is 10.2. The summed E-state index contributed by atoms with van der Waals surface area (Å²) in [5, 5.41) is 8.92. The van der Waals surface area contributed by atoms with Crippen LogP contribution in [0.4, 0.5) is 0 Å². The molecule has 1 saturated heterocycles. The number of hydrogen-bond donors (Lipinski definition) is 1. The summed E-state index contributed by atoms with van der Waals surface area (Å²) in [6.45, 7) is 3.86. The molecule has 116 valence electrons. The van der Waals surface area contributed by atoms with Crippen molar-refractivity contribution in [2.45, 2.75) is 25.3 Å². The van der Waals surface area contributed by atoms with E-state index >= 15 is 0 Å². The molecule has 6 nitrogen and oxygen atoms in total. The van der Waals surface area contributed by atoms with Gasteiger partial charge in [0.2, 0.25) is 10.0 Å². The van der Waals surface area contributed by atoms with Crippen LogP contribution in [0.1, 0.15) is 19.4 Å². The van der Waals surface area contributed by atoms with Gasteiger partial charge in [-0.25, -0.2) is 8.42 Å². The highest BCUT2D eigenvalue weighted by Crippen LogP contribution is 2.30. The fraction of sp³-hybridized carbons (Fsp3) is 0.500. The molecule has 0 unspecified atom stereocenters. The van der Waals surface area contributed by atoms with E-state index in [0.717, 1.165) is 5.56 Å². The Morgan fingerprint density at radius 2 is 1.86 bits per heavy atom. The van der Waals surface area contributed by atoms with E-state index < -0.39 is 20.9 Å². The molecule has 0 aromatic heterocycles. The molecule has 1 aromatic rings. The van der Waals surface area contributed by atoms with E-state index in [-0.39, 0.29) is 6.54 Å². The van der Waals surface area contributed by atoms with Gasteiger partial charge < -0.3 is 5.11 Å². The number of hydrogen-bond acceptors (Lipinski definition) is 4. The molecule has 2 rings (SSSR count). The van der Waals surface area contributed by atoms with Crippen LogP contribution in [0.2, 0.25) is 0 Å². The topological polar surface area (TPSA) is 77.9 Å². The lowest BCUT2D eigenvalue weighted by Crippen LogP contribution is -2.62. The summed E-state index contributed by atoms with van der Waals surface area (Å²) in [4.78, 5) is 11.2. The minimum Gasteiger partial charge on any atom is -0.480 e. The molecule has 0 atom stereocenters. The number of nitrogens with zero attached hydrogens (tertiary/aromatic N) is 2. The van der Waals surface area contributed by atoms with Crippen molar-refractivity contribution in [3.8, 4) is 0 Å². The van der Waals surface area contributed by atoms with Gasteiger partial charge in [0.15, 0.2) is 0 Å². The van der Waals surface area contributed by atoms with Crippen molar-refractivity contribution < 1.29 is 18.3 Å². The predicted octanol–water partition coefficient (Wildman–Crippen LogP) is 0.955. The summed E-state index contributed by atoms with van der Waals surface area (Å²) >= 11 is 0. The molecular weight excluding hydrogens is 292 g/mol. The van der Waals surface area contributed by atoms with Gasteiger partial charge in [0.05, 0.1) is 6.54 Å². The predicted molar refractivity (Wildman–Crippen MR) is 79.1 cm³/mol. The lowest BCUT2D eigenvalue weighted by molar-refractivity contribution is -0.139. The zero-order valence-corrected chi connectivity index (χ0v) is 13.0. The van der Waals surface area contributed by atoms with Crippen LogP contribution in [0.5, 0.6) is 0 Å². The number of benzene rings is 1. The Kier molecular flexibility index (Phi) is 4.36. The van der Waals surface area contributed by atoms with Crippen molar-refractivity contribution in [2.75, 3.05) is 19.6 Å². The third-order valence-corrected chi connectivity index (χ3v) is 6.39. The third kappa shape index (κ3) is 3.09. The van der Waals surface area contributed by atoms with Crippen molar-refractivity contribution >= 4 is 16.0 Å². The van der Waals surface area contributed by atoms with Gasteiger partial charge in [-0.2, -0.15) is 4.31 Å². The zero-order chi connectivity index (χ0) is 15.7. The van der Waals surface area contributed by atoms with Crippen molar-refractivity contribution in [1.82, 2.24) is 9.21 Å². The molecule has 1 aromatic carbocycles. The molecule has 21 heavy (non-hydrogen) atoms. The minimum absolute atomic E-state index is 0.272. The highest BCUT2D eigenvalue weighted by molar-refractivity contribution is 7.90. The van der Waals surface area contributed by atoms with E-state index in [2.05, 4.69) is 0 Å². The molecule has 1 aliphatic heterocycles. The number of carbonyl (C=O) groups is 1. The second kappa shape index (κ2) is 5.75. The van der Waals surface area contributed by atoms with Crippen molar-refractivity contribution in [3.63, 3.8) is 0 Å². The summed E-state index contributed by atoms with van der Waals surface area (Å²) < 4.78 is 26.9. The summed E-state index contributed by atoms with van der Waals surface area (Å²) in [5.74, 6) is -1.02. The molecular formula is C14H20N2O4S. The fourth-order valence-corrected chi connectivity index (χ4v) is 4.24. The normalized spacial score (nSPS) is 22.0. The lowest BCUT2D eigenvalue weighted by Gasteiger charge is -2.45. The molecule has 1 aliphatic rings. The first-order chi connectivity index (χ1) is 9.75. The van der Waals surface area contributed by atoms with E-state index in [1.807, 2.05) is 30.3 Å². The van der Waals surface area contributed by atoms with Crippen LogP contribution in [0.15, 0.2) is 30.3 Å². The zero-order valence-electron chi connectivity index (χ0n) is 12.2. The maximum absolute atomic E-state index is 12.7. The van der Waals surface area contributed by atoms with Crippen molar-refractivity contribution in [3.05, 3.63) is 35.9 Å². The van der Waals surface area contributed by atoms with Crippen LogP contribution in [-0.2, 0) is 21.4 Å². The Labute approximate surface area is 125 Å². The second-order valence-electron chi connectivity index (χ2n) is 5.59.